The fourth-order valence-electron chi connectivity index (χ4n) is 17.1. The van der Waals surface area contributed by atoms with Crippen molar-refractivity contribution in [2.24, 2.45) is 58.2 Å². The average molecular weight is 1000 g/mol. The third-order valence-corrected chi connectivity index (χ3v) is 21.2. The third kappa shape index (κ3) is 12.1. The van der Waals surface area contributed by atoms with Crippen LogP contribution in [0.15, 0.2) is 95.6 Å². The molecule has 5 saturated carbocycles. The Morgan fingerprint density at radius 3 is 1.61 bits per heavy atom. The van der Waals surface area contributed by atoms with Crippen molar-refractivity contribution in [3.8, 4) is 11.5 Å². The van der Waals surface area contributed by atoms with Gasteiger partial charge in [-0.1, -0.05) is 87.3 Å². The van der Waals surface area contributed by atoms with E-state index in [2.05, 4.69) is 74.5 Å². The van der Waals surface area contributed by atoms with Crippen LogP contribution in [0.3, 0.4) is 0 Å². The summed E-state index contributed by atoms with van der Waals surface area (Å²) in [5.74, 6) is 10.7. The summed E-state index contributed by atoms with van der Waals surface area (Å²) in [5, 5.41) is 0. The molecule has 12 aliphatic carbocycles. The van der Waals surface area contributed by atoms with Gasteiger partial charge in [0.15, 0.2) is 17.3 Å². The molecule has 0 radical (unpaired) electrons. The van der Waals surface area contributed by atoms with Crippen LogP contribution in [0.1, 0.15) is 210 Å². The number of fused-ring (bicyclic) bond motifs is 13. The molecular formula is C69H94O5. The number of rotatable bonds is 2. The lowest BCUT2D eigenvalue weighted by Crippen LogP contribution is -2.44. The van der Waals surface area contributed by atoms with E-state index in [1.165, 1.54) is 169 Å². The summed E-state index contributed by atoms with van der Waals surface area (Å²) < 4.78 is 10.6. The molecule has 0 bridgehead atoms. The lowest BCUT2D eigenvalue weighted by atomic mass is 9.52. The normalized spacial score (nSPS) is 34.4. The molecule has 0 N–H and O–H groups in total. The van der Waals surface area contributed by atoms with E-state index < -0.39 is 0 Å². The van der Waals surface area contributed by atoms with Crippen molar-refractivity contribution in [3.05, 3.63) is 118 Å². The number of hydrogen-bond donors (Lipinski definition) is 0. The Hall–Kier alpha value is -4.25. The number of ether oxygens (including phenoxy) is 2. The summed E-state index contributed by atoms with van der Waals surface area (Å²) in [5.41, 5.74) is 11.6. The first-order valence-corrected chi connectivity index (χ1v) is 29.9. The van der Waals surface area contributed by atoms with Crippen LogP contribution in [-0.2, 0) is 33.6 Å². The Labute approximate surface area is 448 Å². The summed E-state index contributed by atoms with van der Waals surface area (Å²) >= 11 is 0. The number of ketones is 3. The monoisotopic (exact) mass is 1000 g/mol. The molecule has 0 saturated heterocycles. The molecule has 11 atom stereocenters. The molecule has 14 rings (SSSR count). The second-order valence-electron chi connectivity index (χ2n) is 25.3. The van der Waals surface area contributed by atoms with Crippen molar-refractivity contribution in [1.29, 1.82) is 0 Å². The Bertz CT molecular complexity index is 2430. The maximum Gasteiger partial charge on any atom is 0.155 e. The van der Waals surface area contributed by atoms with Crippen molar-refractivity contribution in [3.63, 3.8) is 0 Å². The fourth-order valence-corrected chi connectivity index (χ4v) is 17.1. The van der Waals surface area contributed by atoms with Crippen molar-refractivity contribution in [2.45, 2.75) is 207 Å². The zero-order chi connectivity index (χ0) is 50.5. The van der Waals surface area contributed by atoms with E-state index in [0.717, 1.165) is 103 Å². The van der Waals surface area contributed by atoms with Crippen LogP contribution in [0.5, 0.6) is 11.5 Å². The molecule has 12 aliphatic rings. The van der Waals surface area contributed by atoms with E-state index in [1.54, 1.807) is 25.3 Å². The number of carbonyl (C=O) groups excluding carboxylic acids is 3. The minimum Gasteiger partial charge on any atom is -0.497 e. The van der Waals surface area contributed by atoms with Gasteiger partial charge in [-0.25, -0.2) is 0 Å². The van der Waals surface area contributed by atoms with Crippen LogP contribution < -0.4 is 9.47 Å². The number of carbonyl (C=O) groups is 3. The van der Waals surface area contributed by atoms with Crippen molar-refractivity contribution in [1.82, 2.24) is 0 Å². The van der Waals surface area contributed by atoms with Gasteiger partial charge in [-0.05, 0) is 277 Å². The van der Waals surface area contributed by atoms with E-state index in [4.69, 9.17) is 9.47 Å². The van der Waals surface area contributed by atoms with Crippen LogP contribution >= 0.6 is 0 Å². The highest BCUT2D eigenvalue weighted by atomic mass is 16.5. The van der Waals surface area contributed by atoms with Gasteiger partial charge in [0.05, 0.1) is 14.2 Å². The molecule has 0 heterocycles. The minimum atomic E-state index is 0. The minimum absolute atomic E-state index is 0. The fraction of sp³-hybridized carbons (Fsp3) is 0.638. The lowest BCUT2D eigenvalue weighted by molar-refractivity contribution is -0.116. The number of hydrogen-bond acceptors (Lipinski definition) is 5. The zero-order valence-electron chi connectivity index (χ0n) is 45.5. The third-order valence-electron chi connectivity index (χ3n) is 21.2. The molecule has 6 unspecified atom stereocenters. The van der Waals surface area contributed by atoms with Gasteiger partial charge in [0.25, 0.3) is 0 Å². The van der Waals surface area contributed by atoms with E-state index in [9.17, 15) is 14.4 Å². The van der Waals surface area contributed by atoms with Gasteiger partial charge in [0, 0.05) is 19.3 Å². The Morgan fingerprint density at radius 2 is 0.973 bits per heavy atom. The molecule has 2 aromatic rings. The Kier molecular flexibility index (Phi) is 18.0. The van der Waals surface area contributed by atoms with Gasteiger partial charge in [-0.3, -0.25) is 14.4 Å². The van der Waals surface area contributed by atoms with Gasteiger partial charge in [0.2, 0.25) is 0 Å². The first kappa shape index (κ1) is 54.5. The maximum atomic E-state index is 11.6. The molecule has 0 amide bonds. The van der Waals surface area contributed by atoms with E-state index in [1.807, 2.05) is 18.2 Å². The number of aryl methyl sites for hydroxylation is 3. The number of methoxy groups -OCH3 is 2. The second-order valence-corrected chi connectivity index (χ2v) is 25.3. The van der Waals surface area contributed by atoms with Gasteiger partial charge < -0.3 is 9.47 Å². The van der Waals surface area contributed by atoms with Gasteiger partial charge >= 0.3 is 0 Å². The smallest absolute Gasteiger partial charge is 0.155 e. The van der Waals surface area contributed by atoms with Gasteiger partial charge in [-0.15, -0.1) is 0 Å². The number of allylic oxidation sites excluding steroid dienone is 10. The highest BCUT2D eigenvalue weighted by molar-refractivity contribution is 5.92. The molecular weight excluding hydrogens is 909 g/mol. The summed E-state index contributed by atoms with van der Waals surface area (Å²) in [6.45, 7) is 4.97. The van der Waals surface area contributed by atoms with Crippen LogP contribution in [0.2, 0.25) is 0 Å². The van der Waals surface area contributed by atoms with E-state index in [0.29, 0.717) is 28.2 Å². The largest absolute Gasteiger partial charge is 0.497 e. The van der Waals surface area contributed by atoms with Crippen molar-refractivity contribution >= 4 is 17.3 Å². The van der Waals surface area contributed by atoms with E-state index in [-0.39, 0.29) is 7.43 Å². The zero-order valence-corrected chi connectivity index (χ0v) is 45.5. The first-order chi connectivity index (χ1) is 35.5. The quantitative estimate of drug-likeness (QED) is 0.280. The second kappa shape index (κ2) is 24.4. The molecule has 0 spiro atoms. The molecule has 74 heavy (non-hydrogen) atoms. The average Bonchev–Trinajstić information content (AvgIpc) is 4.03. The van der Waals surface area contributed by atoms with Crippen LogP contribution in [0.25, 0.3) is 0 Å². The Balaban J connectivity index is 0.000000116. The lowest BCUT2D eigenvalue weighted by Gasteiger charge is -2.52. The highest BCUT2D eigenvalue weighted by Crippen LogP contribution is 2.61. The Morgan fingerprint density at radius 1 is 0.446 bits per heavy atom. The standard InChI is InChI=1S/C19H24O.C18H24O.C11H14O.2C10H14O.CH4/c1-19-10-3-4-18(19)17-7-5-13-12-14(20-2)6-8-15(13)16(17)9-11-19;1-18-9-2-3-17(18)16-6-4-12-11-13(19)5-7-14(12)15(16)8-10-18;1-12-11-7-6-9-4-2-3-5-10(9)8-11;2*11-10-6-5-8-3-1-2-4-9(8)7-10;/h3,6,8,10,12,16-18H,4-5,7,9,11H2,1-2H3;2,9,11,14-17H,3-8,10H2,1H3;6-8H,2-5H2,1H3;2*7-8H,1-6H2;1H4/t16?,17?,18?,19-;14-,15?,16?,17?,18-;;2*8-;/m00.00./s1. The molecule has 400 valence electrons. The van der Waals surface area contributed by atoms with Crippen LogP contribution in [0.4, 0.5) is 0 Å². The predicted octanol–water partition coefficient (Wildman–Crippen LogP) is 17.2. The summed E-state index contributed by atoms with van der Waals surface area (Å²) in [7, 11) is 3.49. The summed E-state index contributed by atoms with van der Waals surface area (Å²) in [6, 6.07) is 13.2. The van der Waals surface area contributed by atoms with E-state index >= 15 is 0 Å². The predicted molar refractivity (Wildman–Crippen MR) is 304 cm³/mol. The summed E-state index contributed by atoms with van der Waals surface area (Å²) in [6.07, 6.45) is 50.3. The first-order valence-electron chi connectivity index (χ1n) is 29.9. The highest BCUT2D eigenvalue weighted by Gasteiger charge is 2.51. The van der Waals surface area contributed by atoms with Crippen molar-refractivity contribution in [2.75, 3.05) is 14.2 Å². The molecule has 5 fully saturated rings. The molecule has 5 nitrogen and oxygen atoms in total. The molecule has 5 heteroatoms. The molecule has 0 aliphatic heterocycles. The molecule has 2 aromatic carbocycles. The maximum absolute atomic E-state index is 11.6. The topological polar surface area (TPSA) is 69.7 Å². The van der Waals surface area contributed by atoms with Crippen molar-refractivity contribution < 1.29 is 23.9 Å². The summed E-state index contributed by atoms with van der Waals surface area (Å²) in [4.78, 5) is 33.7. The SMILES string of the molecule is C.COc1ccc2c(c1)CCC1C2CC[C@]2(C)C=CCC12.COc1ccc2c(c1)CCCC2.C[C@@]12C=CCC1C1CCC3=CC(=O)CC[C@@H]3C1CC2.O=C1C=C2CCCC[C@H]2CC1.O=C1C=C2CCCC[C@H]2CC1. The molecule has 0 aromatic heterocycles. The number of benzene rings is 2. The van der Waals surface area contributed by atoms with Crippen LogP contribution in [-0.4, -0.2) is 31.6 Å². The van der Waals surface area contributed by atoms with Gasteiger partial charge in [-0.2, -0.15) is 0 Å². The van der Waals surface area contributed by atoms with Crippen LogP contribution in [0, 0.1) is 58.2 Å². The van der Waals surface area contributed by atoms with Gasteiger partial charge in [0.1, 0.15) is 11.5 Å².